The Morgan fingerprint density at radius 1 is 1.67 bits per heavy atom. The van der Waals surface area contributed by atoms with E-state index in [9.17, 15) is 4.79 Å². The van der Waals surface area contributed by atoms with Crippen molar-refractivity contribution in [2.45, 2.75) is 26.2 Å². The minimum Gasteiger partial charge on any atom is -0.298 e. The summed E-state index contributed by atoms with van der Waals surface area (Å²) < 4.78 is 0. The Morgan fingerprint density at radius 2 is 2.33 bits per heavy atom. The normalized spacial score (nSPS) is 9.56. The average Bonchev–Trinajstić information content (AvgIpc) is 1.85. The summed E-state index contributed by atoms with van der Waals surface area (Å²) in [7, 11) is 0. The minimum atomic E-state index is 0.194. The molecule has 0 radical (unpaired) electrons. The van der Waals surface area contributed by atoms with E-state index in [1.54, 1.807) is 0 Å². The molecule has 0 spiro atoms. The summed E-state index contributed by atoms with van der Waals surface area (Å²) in [5, 5.41) is 0. The summed E-state index contributed by atoms with van der Waals surface area (Å²) in [6, 6.07) is 0. The molecule has 0 aliphatic carbocycles. The molecule has 0 rings (SSSR count). The molecule has 0 aliphatic rings. The molecular formula is C6H14N2O. The van der Waals surface area contributed by atoms with Crippen LogP contribution in [0.15, 0.2) is 0 Å². The molecule has 0 fully saturated rings. The second kappa shape index (κ2) is 5.72. The number of rotatable bonds is 5. The first-order valence-corrected chi connectivity index (χ1v) is 3.26. The van der Waals surface area contributed by atoms with E-state index in [2.05, 4.69) is 12.3 Å². The second-order valence-corrected chi connectivity index (χ2v) is 2.02. The van der Waals surface area contributed by atoms with Crippen LogP contribution in [-0.2, 0) is 4.79 Å². The van der Waals surface area contributed by atoms with Crippen LogP contribution in [0, 0.1) is 0 Å². The summed E-state index contributed by atoms with van der Waals surface area (Å²) in [5.74, 6) is 5.12. The molecule has 0 amide bonds. The molecule has 0 aromatic rings. The number of hydrogen-bond acceptors (Lipinski definition) is 3. The summed E-state index contributed by atoms with van der Waals surface area (Å²) >= 11 is 0. The van der Waals surface area contributed by atoms with Gasteiger partial charge in [0.05, 0.1) is 6.54 Å². The van der Waals surface area contributed by atoms with Gasteiger partial charge in [0.2, 0.25) is 0 Å². The van der Waals surface area contributed by atoms with Crippen molar-refractivity contribution in [2.75, 3.05) is 6.54 Å². The zero-order valence-corrected chi connectivity index (χ0v) is 5.81. The van der Waals surface area contributed by atoms with Gasteiger partial charge in [-0.15, -0.1) is 0 Å². The zero-order valence-electron chi connectivity index (χ0n) is 5.81. The molecule has 0 aromatic heterocycles. The number of carbonyl (C=O) groups is 1. The van der Waals surface area contributed by atoms with Crippen molar-refractivity contribution in [3.63, 3.8) is 0 Å². The van der Waals surface area contributed by atoms with Crippen LogP contribution in [0.2, 0.25) is 0 Å². The number of hydrazine groups is 1. The van der Waals surface area contributed by atoms with Gasteiger partial charge < -0.3 is 0 Å². The number of nitrogens with one attached hydrogen (secondary N) is 1. The Morgan fingerprint density at radius 3 is 2.78 bits per heavy atom. The molecule has 0 saturated carbocycles. The first-order chi connectivity index (χ1) is 4.31. The Labute approximate surface area is 55.6 Å². The van der Waals surface area contributed by atoms with Gasteiger partial charge in [-0.1, -0.05) is 13.3 Å². The summed E-state index contributed by atoms with van der Waals surface area (Å²) in [6.45, 7) is 2.36. The van der Waals surface area contributed by atoms with Crippen LogP contribution in [-0.4, -0.2) is 12.3 Å². The van der Waals surface area contributed by atoms with E-state index >= 15 is 0 Å². The van der Waals surface area contributed by atoms with Crippen LogP contribution in [0.25, 0.3) is 0 Å². The van der Waals surface area contributed by atoms with Crippen molar-refractivity contribution < 1.29 is 4.79 Å². The number of unbranched alkanes of at least 4 members (excludes halogenated alkanes) is 1. The minimum absolute atomic E-state index is 0.194. The molecule has 0 atom stereocenters. The van der Waals surface area contributed by atoms with Gasteiger partial charge in [-0.3, -0.25) is 16.1 Å². The van der Waals surface area contributed by atoms with E-state index < -0.39 is 0 Å². The zero-order chi connectivity index (χ0) is 7.11. The lowest BCUT2D eigenvalue weighted by Crippen LogP contribution is -2.28. The summed E-state index contributed by atoms with van der Waals surface area (Å²) in [6.07, 6.45) is 2.69. The van der Waals surface area contributed by atoms with Crippen molar-refractivity contribution >= 4 is 5.78 Å². The van der Waals surface area contributed by atoms with Crippen LogP contribution >= 0.6 is 0 Å². The van der Waals surface area contributed by atoms with E-state index in [0.717, 1.165) is 12.8 Å². The lowest BCUT2D eigenvalue weighted by Gasteiger charge is -1.95. The standard InChI is InChI=1S/C6H14N2O/c1-2-3-4-6(9)5-8-7/h8H,2-5,7H2,1H3. The van der Waals surface area contributed by atoms with E-state index in [-0.39, 0.29) is 5.78 Å². The molecule has 3 nitrogen and oxygen atoms in total. The van der Waals surface area contributed by atoms with Crippen LogP contribution in [0.4, 0.5) is 0 Å². The molecule has 0 aliphatic heterocycles. The Hall–Kier alpha value is -0.410. The molecule has 3 heteroatoms. The molecule has 0 bridgehead atoms. The third-order valence-electron chi connectivity index (χ3n) is 1.11. The van der Waals surface area contributed by atoms with Crippen LogP contribution in [0.3, 0.4) is 0 Å². The van der Waals surface area contributed by atoms with Gasteiger partial charge in [0, 0.05) is 6.42 Å². The average molecular weight is 130 g/mol. The molecular weight excluding hydrogens is 116 g/mol. The van der Waals surface area contributed by atoms with E-state index in [0.29, 0.717) is 13.0 Å². The van der Waals surface area contributed by atoms with E-state index in [1.807, 2.05) is 0 Å². The van der Waals surface area contributed by atoms with Gasteiger partial charge in [-0.25, -0.2) is 0 Å². The third kappa shape index (κ3) is 5.46. The predicted octanol–water partition coefficient (Wildman–Crippen LogP) is 0.209. The van der Waals surface area contributed by atoms with Gasteiger partial charge in [0.1, 0.15) is 5.78 Å². The Bertz CT molecular complexity index is 83.1. The summed E-state index contributed by atoms with van der Waals surface area (Å²) in [5.41, 5.74) is 2.33. The fraction of sp³-hybridized carbons (Fsp3) is 0.833. The quantitative estimate of drug-likeness (QED) is 0.413. The first-order valence-electron chi connectivity index (χ1n) is 3.26. The number of hydrogen-bond donors (Lipinski definition) is 2. The van der Waals surface area contributed by atoms with E-state index in [4.69, 9.17) is 5.84 Å². The molecule has 0 unspecified atom stereocenters. The highest BCUT2D eigenvalue weighted by Crippen LogP contribution is 1.93. The van der Waals surface area contributed by atoms with Crippen molar-refractivity contribution in [1.29, 1.82) is 0 Å². The first kappa shape index (κ1) is 8.59. The smallest absolute Gasteiger partial charge is 0.148 e. The van der Waals surface area contributed by atoms with Gasteiger partial charge in [-0.2, -0.15) is 0 Å². The molecule has 0 heterocycles. The topological polar surface area (TPSA) is 55.1 Å². The maximum atomic E-state index is 10.7. The highest BCUT2D eigenvalue weighted by Gasteiger charge is 1.96. The van der Waals surface area contributed by atoms with Crippen molar-refractivity contribution in [1.82, 2.24) is 5.43 Å². The molecule has 0 saturated heterocycles. The van der Waals surface area contributed by atoms with Gasteiger partial charge >= 0.3 is 0 Å². The maximum Gasteiger partial charge on any atom is 0.148 e. The monoisotopic (exact) mass is 130 g/mol. The third-order valence-corrected chi connectivity index (χ3v) is 1.11. The number of ketones is 1. The largest absolute Gasteiger partial charge is 0.298 e. The molecule has 3 N–H and O–H groups in total. The van der Waals surface area contributed by atoms with Crippen LogP contribution in [0.1, 0.15) is 26.2 Å². The second-order valence-electron chi connectivity index (χ2n) is 2.02. The van der Waals surface area contributed by atoms with Gasteiger partial charge in [0.15, 0.2) is 0 Å². The maximum absolute atomic E-state index is 10.7. The fourth-order valence-electron chi connectivity index (χ4n) is 0.576. The van der Waals surface area contributed by atoms with Crippen LogP contribution < -0.4 is 11.3 Å². The predicted molar refractivity (Wildman–Crippen MR) is 36.7 cm³/mol. The van der Waals surface area contributed by atoms with Gasteiger partial charge in [-0.05, 0) is 6.42 Å². The number of nitrogens with two attached hydrogens (primary N) is 1. The van der Waals surface area contributed by atoms with Crippen molar-refractivity contribution in [3.8, 4) is 0 Å². The lowest BCUT2D eigenvalue weighted by molar-refractivity contribution is -0.118. The highest BCUT2D eigenvalue weighted by molar-refractivity contribution is 5.80. The van der Waals surface area contributed by atoms with Crippen molar-refractivity contribution in [3.05, 3.63) is 0 Å². The molecule has 9 heavy (non-hydrogen) atoms. The van der Waals surface area contributed by atoms with Crippen molar-refractivity contribution in [2.24, 2.45) is 5.84 Å². The highest BCUT2D eigenvalue weighted by atomic mass is 16.1. The Balaban J connectivity index is 3.06. The molecule has 0 aromatic carbocycles. The van der Waals surface area contributed by atoms with Gasteiger partial charge in [0.25, 0.3) is 0 Å². The van der Waals surface area contributed by atoms with E-state index in [1.165, 1.54) is 0 Å². The van der Waals surface area contributed by atoms with Crippen LogP contribution in [0.5, 0.6) is 0 Å². The Kier molecular flexibility index (Phi) is 5.46. The number of carbonyl (C=O) groups excluding carboxylic acids is 1. The lowest BCUT2D eigenvalue weighted by atomic mass is 10.2. The number of Topliss-reactive ketones (excluding diaryl/α,β-unsaturated/α-hetero) is 1. The fourth-order valence-corrected chi connectivity index (χ4v) is 0.576. The summed E-state index contributed by atoms with van der Waals surface area (Å²) in [4.78, 5) is 10.7. The molecule has 54 valence electrons. The SMILES string of the molecule is CCCCC(=O)CNN.